The standard InChI is InChI=1S/C31H46N2O3S/c1-4-7-9-11-13-22-32-31(36)33(23-14-12-10-8-5-2)26-16-15-17-28(24-26)37-27-20-18-25(19-21-27)29(6-3)30(34)35/h15-21,24,29H,4-14,22-23H2,1-3H3,(H,32,36)(H,34,35). The Morgan fingerprint density at radius 2 is 1.49 bits per heavy atom. The van der Waals surface area contributed by atoms with Gasteiger partial charge in [0.2, 0.25) is 0 Å². The number of carbonyl (C=O) groups is 2. The number of carbonyl (C=O) groups excluding carboxylic acids is 1. The van der Waals surface area contributed by atoms with Crippen LogP contribution in [-0.4, -0.2) is 30.2 Å². The normalized spacial score (nSPS) is 11.8. The summed E-state index contributed by atoms with van der Waals surface area (Å²) in [4.78, 5) is 28.6. The van der Waals surface area contributed by atoms with E-state index >= 15 is 0 Å². The van der Waals surface area contributed by atoms with Gasteiger partial charge in [0.1, 0.15) is 0 Å². The number of hydrogen-bond acceptors (Lipinski definition) is 3. The summed E-state index contributed by atoms with van der Waals surface area (Å²) in [6, 6.07) is 15.9. The molecule has 2 amide bonds. The summed E-state index contributed by atoms with van der Waals surface area (Å²) in [5.74, 6) is -1.26. The van der Waals surface area contributed by atoms with Gasteiger partial charge in [0, 0.05) is 28.6 Å². The van der Waals surface area contributed by atoms with Crippen LogP contribution in [0.4, 0.5) is 10.5 Å². The Labute approximate surface area is 228 Å². The van der Waals surface area contributed by atoms with Crippen molar-refractivity contribution in [2.24, 2.45) is 0 Å². The molecule has 0 aromatic heterocycles. The zero-order chi connectivity index (χ0) is 26.9. The highest BCUT2D eigenvalue weighted by molar-refractivity contribution is 7.99. The topological polar surface area (TPSA) is 69.6 Å². The molecule has 0 aliphatic rings. The third kappa shape index (κ3) is 11.2. The number of carboxylic acids is 1. The zero-order valence-corrected chi connectivity index (χ0v) is 23.8. The predicted octanol–water partition coefficient (Wildman–Crippen LogP) is 8.87. The zero-order valence-electron chi connectivity index (χ0n) is 23.0. The van der Waals surface area contributed by atoms with Crippen LogP contribution in [0.15, 0.2) is 58.3 Å². The van der Waals surface area contributed by atoms with Crippen molar-refractivity contribution in [3.63, 3.8) is 0 Å². The van der Waals surface area contributed by atoms with Crippen molar-refractivity contribution in [3.8, 4) is 0 Å². The Balaban J connectivity index is 2.07. The highest BCUT2D eigenvalue weighted by atomic mass is 32.2. The summed E-state index contributed by atoms with van der Waals surface area (Å²) >= 11 is 1.63. The quantitative estimate of drug-likeness (QED) is 0.190. The number of aliphatic carboxylic acids is 1. The molecular formula is C31H46N2O3S. The Hall–Kier alpha value is -2.47. The first kappa shape index (κ1) is 30.8. The van der Waals surface area contributed by atoms with Crippen molar-refractivity contribution in [2.45, 2.75) is 107 Å². The van der Waals surface area contributed by atoms with E-state index in [1.165, 1.54) is 38.5 Å². The highest BCUT2D eigenvalue weighted by Gasteiger charge is 2.18. The van der Waals surface area contributed by atoms with Crippen LogP contribution in [0.3, 0.4) is 0 Å². The summed E-state index contributed by atoms with van der Waals surface area (Å²) in [6.45, 7) is 7.74. The number of urea groups is 1. The monoisotopic (exact) mass is 526 g/mol. The van der Waals surface area contributed by atoms with Gasteiger partial charge in [-0.1, -0.05) is 102 Å². The molecule has 0 aliphatic carbocycles. The molecule has 0 saturated heterocycles. The van der Waals surface area contributed by atoms with Crippen molar-refractivity contribution < 1.29 is 14.7 Å². The smallest absolute Gasteiger partial charge is 0.321 e. The molecule has 2 rings (SSSR count). The minimum Gasteiger partial charge on any atom is -0.481 e. The fourth-order valence-electron chi connectivity index (χ4n) is 4.41. The number of hydrogen-bond donors (Lipinski definition) is 2. The fraction of sp³-hybridized carbons (Fsp3) is 0.548. The Morgan fingerprint density at radius 3 is 2.11 bits per heavy atom. The van der Waals surface area contributed by atoms with E-state index in [0.717, 1.165) is 46.7 Å². The first-order chi connectivity index (χ1) is 18.0. The van der Waals surface area contributed by atoms with E-state index in [2.05, 4.69) is 31.3 Å². The molecule has 204 valence electrons. The molecule has 0 fully saturated rings. The van der Waals surface area contributed by atoms with Crippen LogP contribution < -0.4 is 10.2 Å². The number of benzene rings is 2. The van der Waals surface area contributed by atoms with Crippen LogP contribution in [-0.2, 0) is 4.79 Å². The maximum atomic E-state index is 13.2. The van der Waals surface area contributed by atoms with Crippen LogP contribution in [0, 0.1) is 0 Å². The lowest BCUT2D eigenvalue weighted by molar-refractivity contribution is -0.138. The van der Waals surface area contributed by atoms with Gasteiger partial charge in [-0.25, -0.2) is 4.79 Å². The van der Waals surface area contributed by atoms with Crippen LogP contribution in [0.5, 0.6) is 0 Å². The molecular weight excluding hydrogens is 480 g/mol. The second-order valence-electron chi connectivity index (χ2n) is 9.68. The lowest BCUT2D eigenvalue weighted by Crippen LogP contribution is -2.41. The largest absolute Gasteiger partial charge is 0.481 e. The molecule has 2 aromatic carbocycles. The summed E-state index contributed by atoms with van der Waals surface area (Å²) in [5, 5.41) is 12.6. The number of nitrogens with one attached hydrogen (secondary N) is 1. The van der Waals surface area contributed by atoms with E-state index in [9.17, 15) is 14.7 Å². The van der Waals surface area contributed by atoms with E-state index < -0.39 is 11.9 Å². The molecule has 5 nitrogen and oxygen atoms in total. The first-order valence-electron chi connectivity index (χ1n) is 14.2. The van der Waals surface area contributed by atoms with Crippen LogP contribution >= 0.6 is 11.8 Å². The molecule has 37 heavy (non-hydrogen) atoms. The van der Waals surface area contributed by atoms with E-state index in [1.54, 1.807) is 11.8 Å². The van der Waals surface area contributed by atoms with Gasteiger partial charge in [0.25, 0.3) is 0 Å². The number of amides is 2. The molecule has 1 atom stereocenters. The van der Waals surface area contributed by atoms with E-state index in [-0.39, 0.29) is 6.03 Å². The van der Waals surface area contributed by atoms with Crippen molar-refractivity contribution in [2.75, 3.05) is 18.0 Å². The molecule has 0 saturated carbocycles. The van der Waals surface area contributed by atoms with Gasteiger partial charge in [-0.3, -0.25) is 9.69 Å². The summed E-state index contributed by atoms with van der Waals surface area (Å²) in [5.41, 5.74) is 1.74. The third-order valence-corrected chi connectivity index (χ3v) is 7.64. The summed E-state index contributed by atoms with van der Waals surface area (Å²) in [7, 11) is 0. The van der Waals surface area contributed by atoms with Crippen LogP contribution in [0.25, 0.3) is 0 Å². The number of carboxylic acid groups (broad SMARTS) is 1. The number of rotatable bonds is 18. The molecule has 0 bridgehead atoms. The first-order valence-corrected chi connectivity index (χ1v) is 15.0. The van der Waals surface area contributed by atoms with E-state index in [4.69, 9.17) is 0 Å². The lowest BCUT2D eigenvalue weighted by atomic mass is 9.97. The van der Waals surface area contributed by atoms with Gasteiger partial charge in [0.15, 0.2) is 0 Å². The molecule has 2 aromatic rings. The maximum absolute atomic E-state index is 13.2. The van der Waals surface area contributed by atoms with Gasteiger partial charge in [-0.15, -0.1) is 0 Å². The Morgan fingerprint density at radius 1 is 0.838 bits per heavy atom. The van der Waals surface area contributed by atoms with Gasteiger partial charge in [0.05, 0.1) is 5.92 Å². The van der Waals surface area contributed by atoms with Crippen molar-refractivity contribution in [1.82, 2.24) is 5.32 Å². The van der Waals surface area contributed by atoms with E-state index in [0.29, 0.717) is 19.5 Å². The van der Waals surface area contributed by atoms with Crippen molar-refractivity contribution in [1.29, 1.82) is 0 Å². The molecule has 0 radical (unpaired) electrons. The van der Waals surface area contributed by atoms with Gasteiger partial charge in [-0.2, -0.15) is 0 Å². The van der Waals surface area contributed by atoms with Crippen LogP contribution in [0.2, 0.25) is 0 Å². The summed E-state index contributed by atoms with van der Waals surface area (Å²) < 4.78 is 0. The minimum absolute atomic E-state index is 0.0169. The molecule has 0 aliphatic heterocycles. The lowest BCUT2D eigenvalue weighted by Gasteiger charge is -2.24. The van der Waals surface area contributed by atoms with Gasteiger partial charge < -0.3 is 10.4 Å². The highest BCUT2D eigenvalue weighted by Crippen LogP contribution is 2.32. The SMILES string of the molecule is CCCCCCCNC(=O)N(CCCCCCC)c1cccc(Sc2ccc(C(CC)C(=O)O)cc2)c1. The number of unbranched alkanes of at least 4 members (excludes halogenated alkanes) is 8. The van der Waals surface area contributed by atoms with Gasteiger partial charge >= 0.3 is 12.0 Å². The maximum Gasteiger partial charge on any atom is 0.321 e. The van der Waals surface area contributed by atoms with Crippen molar-refractivity contribution in [3.05, 3.63) is 54.1 Å². The van der Waals surface area contributed by atoms with Crippen molar-refractivity contribution >= 4 is 29.4 Å². The second-order valence-corrected chi connectivity index (χ2v) is 10.8. The number of anilines is 1. The average Bonchev–Trinajstić information content (AvgIpc) is 2.89. The minimum atomic E-state index is -0.787. The second kappa shape index (κ2) is 17.9. The number of nitrogens with zero attached hydrogens (tertiary/aromatic N) is 1. The third-order valence-electron chi connectivity index (χ3n) is 6.64. The molecule has 1 unspecified atom stereocenters. The molecule has 2 N–H and O–H groups in total. The molecule has 0 heterocycles. The average molecular weight is 527 g/mol. The fourth-order valence-corrected chi connectivity index (χ4v) is 5.28. The predicted molar refractivity (Wildman–Crippen MR) is 156 cm³/mol. The molecule has 0 spiro atoms. The van der Waals surface area contributed by atoms with Gasteiger partial charge in [-0.05, 0) is 55.2 Å². The van der Waals surface area contributed by atoms with Crippen LogP contribution in [0.1, 0.15) is 103 Å². The molecule has 6 heteroatoms. The Kier molecular flexibility index (Phi) is 14.9. The van der Waals surface area contributed by atoms with E-state index in [1.807, 2.05) is 48.2 Å². The summed E-state index contributed by atoms with van der Waals surface area (Å²) in [6.07, 6.45) is 12.2. The Bertz CT molecular complexity index is 932.